The second kappa shape index (κ2) is 11.8. The van der Waals surface area contributed by atoms with Crippen molar-refractivity contribution in [3.8, 4) is 0 Å². The quantitative estimate of drug-likeness (QED) is 0.365. The molecule has 1 fully saturated rings. The number of benzene rings is 3. The third-order valence-corrected chi connectivity index (χ3v) is 8.52. The fraction of sp³-hybridized carbons (Fsp3) is 0.333. The molecule has 1 aliphatic heterocycles. The molecule has 3 atom stereocenters. The summed E-state index contributed by atoms with van der Waals surface area (Å²) in [6.07, 6.45) is 2.47. The third-order valence-electron chi connectivity index (χ3n) is 7.78. The van der Waals surface area contributed by atoms with Crippen molar-refractivity contribution in [2.75, 3.05) is 13.1 Å². The van der Waals surface area contributed by atoms with Crippen LogP contribution in [0, 0.1) is 0 Å². The van der Waals surface area contributed by atoms with Crippen LogP contribution >= 0.6 is 23.2 Å². The Morgan fingerprint density at radius 3 is 2.38 bits per heavy atom. The molecule has 3 aromatic rings. The normalized spacial score (nSPS) is 20.9. The Balaban J connectivity index is 1.54. The Bertz CT molecular complexity index is 1270. The summed E-state index contributed by atoms with van der Waals surface area (Å²) in [6.45, 7) is 3.14. The Labute approximate surface area is 228 Å². The van der Waals surface area contributed by atoms with Crippen LogP contribution in [0.4, 0.5) is 0 Å². The lowest BCUT2D eigenvalue weighted by molar-refractivity contribution is -0.125. The number of amides is 1. The van der Waals surface area contributed by atoms with E-state index in [9.17, 15) is 9.59 Å². The largest absolute Gasteiger partial charge is 0.366 e. The van der Waals surface area contributed by atoms with Crippen molar-refractivity contribution < 1.29 is 9.59 Å². The predicted molar refractivity (Wildman–Crippen MR) is 150 cm³/mol. The SMILES string of the molecule is CC(=O)C1(c2ccccc2)CCN(CCC(Cc2ccccc2C(N)=O)c2ccc(Cl)c(Cl)c2)C(N)C1. The van der Waals surface area contributed by atoms with E-state index >= 15 is 0 Å². The first-order valence-electron chi connectivity index (χ1n) is 12.6. The smallest absolute Gasteiger partial charge is 0.248 e. The molecule has 0 bridgehead atoms. The summed E-state index contributed by atoms with van der Waals surface area (Å²) < 4.78 is 0. The van der Waals surface area contributed by atoms with Crippen molar-refractivity contribution >= 4 is 34.9 Å². The van der Waals surface area contributed by atoms with Crippen LogP contribution in [0.5, 0.6) is 0 Å². The molecule has 4 N–H and O–H groups in total. The second-order valence-electron chi connectivity index (χ2n) is 9.95. The zero-order valence-electron chi connectivity index (χ0n) is 21.0. The molecular weight excluding hydrogens is 505 g/mol. The first-order valence-corrected chi connectivity index (χ1v) is 13.4. The Hall–Kier alpha value is -2.70. The number of piperidine rings is 1. The van der Waals surface area contributed by atoms with E-state index in [4.69, 9.17) is 34.7 Å². The Kier molecular flexibility index (Phi) is 8.71. The van der Waals surface area contributed by atoms with E-state index in [1.165, 1.54) is 0 Å². The molecular formula is C30H33Cl2N3O2. The zero-order chi connectivity index (χ0) is 26.6. The number of nitrogens with two attached hydrogens (primary N) is 2. The van der Waals surface area contributed by atoms with E-state index in [-0.39, 0.29) is 17.9 Å². The van der Waals surface area contributed by atoms with Crippen LogP contribution in [0.25, 0.3) is 0 Å². The van der Waals surface area contributed by atoms with Crippen molar-refractivity contribution in [3.63, 3.8) is 0 Å². The molecule has 7 heteroatoms. The van der Waals surface area contributed by atoms with E-state index in [0.717, 1.165) is 42.6 Å². The highest BCUT2D eigenvalue weighted by atomic mass is 35.5. The third kappa shape index (κ3) is 6.07. The van der Waals surface area contributed by atoms with Gasteiger partial charge in [-0.3, -0.25) is 14.5 Å². The number of carbonyl (C=O) groups is 2. The van der Waals surface area contributed by atoms with Crippen LogP contribution in [0.2, 0.25) is 10.0 Å². The van der Waals surface area contributed by atoms with Gasteiger partial charge >= 0.3 is 0 Å². The van der Waals surface area contributed by atoms with Crippen molar-refractivity contribution in [3.05, 3.63) is 105 Å². The van der Waals surface area contributed by atoms with Gasteiger partial charge in [-0.2, -0.15) is 0 Å². The number of primary amides is 1. The molecule has 3 unspecified atom stereocenters. The molecule has 5 nitrogen and oxygen atoms in total. The number of hydrogen-bond donors (Lipinski definition) is 2. The summed E-state index contributed by atoms with van der Waals surface area (Å²) in [7, 11) is 0. The minimum Gasteiger partial charge on any atom is -0.366 e. The van der Waals surface area contributed by atoms with Gasteiger partial charge in [0.1, 0.15) is 5.78 Å². The lowest BCUT2D eigenvalue weighted by Crippen LogP contribution is -2.55. The number of likely N-dealkylation sites (tertiary alicyclic amines) is 1. The van der Waals surface area contributed by atoms with Gasteiger partial charge < -0.3 is 11.5 Å². The number of hydrogen-bond acceptors (Lipinski definition) is 4. The maximum atomic E-state index is 12.8. The van der Waals surface area contributed by atoms with Gasteiger partial charge in [0.25, 0.3) is 0 Å². The van der Waals surface area contributed by atoms with Crippen LogP contribution in [0.3, 0.4) is 0 Å². The second-order valence-corrected chi connectivity index (χ2v) is 10.8. The molecule has 1 amide bonds. The van der Waals surface area contributed by atoms with Crippen LogP contribution in [-0.4, -0.2) is 35.8 Å². The molecule has 37 heavy (non-hydrogen) atoms. The molecule has 3 aromatic carbocycles. The van der Waals surface area contributed by atoms with Gasteiger partial charge in [0.2, 0.25) is 5.91 Å². The summed E-state index contributed by atoms with van der Waals surface area (Å²) in [5.74, 6) is -0.218. The number of halogens is 2. The van der Waals surface area contributed by atoms with Crippen LogP contribution in [-0.2, 0) is 16.6 Å². The molecule has 0 aromatic heterocycles. The fourth-order valence-electron chi connectivity index (χ4n) is 5.59. The first-order chi connectivity index (χ1) is 17.7. The predicted octanol–water partition coefficient (Wildman–Crippen LogP) is 5.72. The maximum absolute atomic E-state index is 12.8. The summed E-state index contributed by atoms with van der Waals surface area (Å²) >= 11 is 12.6. The molecule has 4 rings (SSSR count). The molecule has 1 aliphatic rings. The number of Topliss-reactive ketones (excluding diaryl/α,β-unsaturated/α-hetero) is 1. The van der Waals surface area contributed by atoms with Gasteiger partial charge in [-0.1, -0.05) is 77.8 Å². The fourth-order valence-corrected chi connectivity index (χ4v) is 5.89. The van der Waals surface area contributed by atoms with Crippen molar-refractivity contribution in [2.45, 2.75) is 50.1 Å². The zero-order valence-corrected chi connectivity index (χ0v) is 22.5. The molecule has 194 valence electrons. The van der Waals surface area contributed by atoms with Crippen molar-refractivity contribution in [1.82, 2.24) is 4.90 Å². The van der Waals surface area contributed by atoms with Gasteiger partial charge in [0.15, 0.2) is 0 Å². The van der Waals surface area contributed by atoms with Gasteiger partial charge in [0.05, 0.1) is 21.6 Å². The average molecular weight is 539 g/mol. The molecule has 0 spiro atoms. The lowest BCUT2D eigenvalue weighted by atomic mass is 9.69. The van der Waals surface area contributed by atoms with E-state index in [1.54, 1.807) is 19.1 Å². The molecule has 1 heterocycles. The van der Waals surface area contributed by atoms with E-state index in [2.05, 4.69) is 4.90 Å². The van der Waals surface area contributed by atoms with Gasteiger partial charge in [0, 0.05) is 18.7 Å². The number of carbonyl (C=O) groups excluding carboxylic acids is 2. The highest BCUT2D eigenvalue weighted by Gasteiger charge is 2.43. The Morgan fingerprint density at radius 2 is 1.73 bits per heavy atom. The van der Waals surface area contributed by atoms with Crippen LogP contribution in [0.15, 0.2) is 72.8 Å². The Morgan fingerprint density at radius 1 is 1.03 bits per heavy atom. The summed E-state index contributed by atoms with van der Waals surface area (Å²) in [5.41, 5.74) is 15.3. The standard InChI is InChI=1S/C30H33Cl2N3O2/c1-20(36)30(24-8-3-2-4-9-24)14-16-35(28(33)19-30)15-13-22(21-11-12-26(31)27(32)18-21)17-23-7-5-6-10-25(23)29(34)37/h2-12,18,22,28H,13-17,19,33H2,1H3,(H2,34,37). The number of nitrogens with zero attached hydrogens (tertiary/aromatic N) is 1. The van der Waals surface area contributed by atoms with Gasteiger partial charge in [-0.05, 0) is 73.4 Å². The van der Waals surface area contributed by atoms with Gasteiger partial charge in [-0.25, -0.2) is 0 Å². The minimum absolute atomic E-state index is 0.0658. The highest BCUT2D eigenvalue weighted by Crippen LogP contribution is 2.39. The van der Waals surface area contributed by atoms with Gasteiger partial charge in [-0.15, -0.1) is 0 Å². The van der Waals surface area contributed by atoms with Crippen molar-refractivity contribution in [2.24, 2.45) is 11.5 Å². The molecule has 0 saturated carbocycles. The van der Waals surface area contributed by atoms with E-state index in [1.807, 2.05) is 60.7 Å². The monoisotopic (exact) mass is 537 g/mol. The van der Waals surface area contributed by atoms with Crippen molar-refractivity contribution in [1.29, 1.82) is 0 Å². The highest BCUT2D eigenvalue weighted by molar-refractivity contribution is 6.42. The van der Waals surface area contributed by atoms with Crippen LogP contribution < -0.4 is 11.5 Å². The number of ketones is 1. The number of rotatable bonds is 9. The molecule has 0 aliphatic carbocycles. The minimum atomic E-state index is -0.555. The summed E-state index contributed by atoms with van der Waals surface area (Å²) in [6, 6.07) is 23.1. The summed E-state index contributed by atoms with van der Waals surface area (Å²) in [4.78, 5) is 27.1. The van der Waals surface area contributed by atoms with Crippen LogP contribution in [0.1, 0.15) is 59.2 Å². The molecule has 0 radical (unpaired) electrons. The first kappa shape index (κ1) is 27.3. The topological polar surface area (TPSA) is 89.4 Å². The van der Waals surface area contributed by atoms with E-state index in [0.29, 0.717) is 28.5 Å². The average Bonchev–Trinajstić information content (AvgIpc) is 2.89. The molecule has 1 saturated heterocycles. The lowest BCUT2D eigenvalue weighted by Gasteiger charge is -2.44. The maximum Gasteiger partial charge on any atom is 0.248 e. The van der Waals surface area contributed by atoms with E-state index < -0.39 is 11.3 Å². The summed E-state index contributed by atoms with van der Waals surface area (Å²) in [5, 5.41) is 0.998.